The molecule has 0 spiro atoms. The molecule has 0 radical (unpaired) electrons. The first-order valence-electron chi connectivity index (χ1n) is 5.40. The van der Waals surface area contributed by atoms with Gasteiger partial charge in [-0.15, -0.1) is 0 Å². The maximum Gasteiger partial charge on any atom is 0.272 e. The lowest BCUT2D eigenvalue weighted by Gasteiger charge is -2.17. The second kappa shape index (κ2) is 4.81. The van der Waals surface area contributed by atoms with Gasteiger partial charge < -0.3 is 4.90 Å². The Morgan fingerprint density at radius 2 is 2.11 bits per heavy atom. The van der Waals surface area contributed by atoms with Crippen molar-refractivity contribution in [1.29, 1.82) is 0 Å². The van der Waals surface area contributed by atoms with E-state index in [4.69, 9.17) is 11.6 Å². The second-order valence-corrected chi connectivity index (χ2v) is 4.47. The lowest BCUT2D eigenvalue weighted by atomic mass is 10.3. The van der Waals surface area contributed by atoms with Crippen LogP contribution in [0.2, 0.25) is 5.02 Å². The number of halogens is 1. The van der Waals surface area contributed by atoms with Crippen molar-refractivity contribution in [1.82, 2.24) is 24.5 Å². The number of nitrogens with zero attached hydrogens (tertiary/aromatic N) is 5. The molecule has 0 saturated carbocycles. The van der Waals surface area contributed by atoms with Crippen LogP contribution in [-0.2, 0) is 20.6 Å². The summed E-state index contributed by atoms with van der Waals surface area (Å²) < 4.78 is 3.21. The zero-order valence-electron chi connectivity index (χ0n) is 10.5. The fourth-order valence-corrected chi connectivity index (χ4v) is 1.92. The van der Waals surface area contributed by atoms with Gasteiger partial charge in [-0.05, 0) is 6.07 Å². The van der Waals surface area contributed by atoms with Crippen LogP contribution in [0.25, 0.3) is 0 Å². The van der Waals surface area contributed by atoms with Gasteiger partial charge in [0.15, 0.2) is 0 Å². The van der Waals surface area contributed by atoms with E-state index >= 15 is 0 Å². The van der Waals surface area contributed by atoms with Gasteiger partial charge in [-0.1, -0.05) is 11.6 Å². The normalized spacial score (nSPS) is 10.7. The van der Waals surface area contributed by atoms with Crippen molar-refractivity contribution in [3.05, 3.63) is 34.9 Å². The van der Waals surface area contributed by atoms with E-state index in [9.17, 15) is 4.79 Å². The molecule has 7 heteroatoms. The molecule has 0 N–H and O–H groups in total. The third-order valence-electron chi connectivity index (χ3n) is 2.78. The number of carbonyl (C=O) groups is 1. The predicted octanol–water partition coefficient (Wildman–Crippen LogP) is 1.08. The van der Waals surface area contributed by atoms with Crippen molar-refractivity contribution >= 4 is 17.5 Å². The summed E-state index contributed by atoms with van der Waals surface area (Å²) in [5, 5.41) is 8.57. The van der Waals surface area contributed by atoms with Crippen LogP contribution in [-0.4, -0.2) is 37.4 Å². The summed E-state index contributed by atoms with van der Waals surface area (Å²) in [6, 6.07) is 1.68. The summed E-state index contributed by atoms with van der Waals surface area (Å²) in [5.41, 5.74) is 1.34. The van der Waals surface area contributed by atoms with E-state index < -0.39 is 0 Å². The van der Waals surface area contributed by atoms with Gasteiger partial charge in [-0.2, -0.15) is 10.2 Å². The van der Waals surface area contributed by atoms with E-state index in [1.807, 2.05) is 0 Å². The molecule has 0 aliphatic heterocycles. The van der Waals surface area contributed by atoms with Gasteiger partial charge in [0, 0.05) is 27.3 Å². The highest BCUT2D eigenvalue weighted by molar-refractivity contribution is 6.31. The molecule has 1 amide bonds. The highest BCUT2D eigenvalue weighted by atomic mass is 35.5. The van der Waals surface area contributed by atoms with E-state index in [0.717, 1.165) is 5.69 Å². The van der Waals surface area contributed by atoms with Crippen molar-refractivity contribution in [2.24, 2.45) is 14.1 Å². The van der Waals surface area contributed by atoms with Gasteiger partial charge in [0.25, 0.3) is 5.91 Å². The standard InChI is InChI=1S/C11H14ClN5O/c1-15(7-10-8(12)6-14-17(10)3)11(18)9-4-5-13-16(9)2/h4-6H,7H2,1-3H3. The Kier molecular flexibility index (Phi) is 3.38. The molecule has 2 rings (SSSR count). The Morgan fingerprint density at radius 3 is 2.61 bits per heavy atom. The van der Waals surface area contributed by atoms with Gasteiger partial charge in [0.1, 0.15) is 5.69 Å². The number of aryl methyl sites for hydroxylation is 2. The quantitative estimate of drug-likeness (QED) is 0.836. The lowest BCUT2D eigenvalue weighted by molar-refractivity contribution is 0.0771. The van der Waals surface area contributed by atoms with Crippen LogP contribution in [0.15, 0.2) is 18.5 Å². The van der Waals surface area contributed by atoms with Crippen LogP contribution in [0.5, 0.6) is 0 Å². The second-order valence-electron chi connectivity index (χ2n) is 4.06. The third kappa shape index (κ3) is 2.24. The molecule has 2 aromatic rings. The highest BCUT2D eigenvalue weighted by Crippen LogP contribution is 2.16. The number of hydrogen-bond acceptors (Lipinski definition) is 3. The summed E-state index contributed by atoms with van der Waals surface area (Å²) in [6.07, 6.45) is 3.16. The Balaban J connectivity index is 2.16. The topological polar surface area (TPSA) is 56.0 Å². The molecule has 0 fully saturated rings. The SMILES string of the molecule is CN(Cc1c(Cl)cnn1C)C(=O)c1ccnn1C. The van der Waals surface area contributed by atoms with Crippen molar-refractivity contribution in [3.63, 3.8) is 0 Å². The Morgan fingerprint density at radius 1 is 1.39 bits per heavy atom. The molecule has 0 aromatic carbocycles. The smallest absolute Gasteiger partial charge is 0.272 e. The molecular weight excluding hydrogens is 254 g/mol. The van der Waals surface area contributed by atoms with Crippen LogP contribution < -0.4 is 0 Å². The van der Waals surface area contributed by atoms with E-state index in [1.165, 1.54) is 0 Å². The number of aromatic nitrogens is 4. The monoisotopic (exact) mass is 267 g/mol. The summed E-state index contributed by atoms with van der Waals surface area (Å²) in [6.45, 7) is 0.402. The molecular formula is C11H14ClN5O. The molecule has 0 bridgehead atoms. The summed E-state index contributed by atoms with van der Waals surface area (Å²) in [4.78, 5) is 13.8. The predicted molar refractivity (Wildman–Crippen MR) is 67.2 cm³/mol. The zero-order valence-corrected chi connectivity index (χ0v) is 11.2. The first-order valence-corrected chi connectivity index (χ1v) is 5.78. The van der Waals surface area contributed by atoms with E-state index in [2.05, 4.69) is 10.2 Å². The van der Waals surface area contributed by atoms with Crippen LogP contribution >= 0.6 is 11.6 Å². The van der Waals surface area contributed by atoms with Crippen LogP contribution in [0.4, 0.5) is 0 Å². The Bertz CT molecular complexity index is 554. The van der Waals surface area contributed by atoms with Gasteiger partial charge in [0.2, 0.25) is 0 Å². The minimum absolute atomic E-state index is 0.104. The van der Waals surface area contributed by atoms with Gasteiger partial charge in [0.05, 0.1) is 23.5 Å². The van der Waals surface area contributed by atoms with E-state index in [1.54, 1.807) is 53.9 Å². The molecule has 0 saturated heterocycles. The first-order chi connectivity index (χ1) is 8.50. The third-order valence-corrected chi connectivity index (χ3v) is 3.10. The lowest BCUT2D eigenvalue weighted by Crippen LogP contribution is -2.29. The molecule has 2 aromatic heterocycles. The minimum Gasteiger partial charge on any atom is -0.334 e. The van der Waals surface area contributed by atoms with Gasteiger partial charge >= 0.3 is 0 Å². The first kappa shape index (κ1) is 12.6. The maximum atomic E-state index is 12.2. The number of amides is 1. The van der Waals surface area contributed by atoms with E-state index in [0.29, 0.717) is 17.3 Å². The summed E-state index contributed by atoms with van der Waals surface area (Å²) >= 11 is 6.01. The largest absolute Gasteiger partial charge is 0.334 e. The summed E-state index contributed by atoms with van der Waals surface area (Å²) in [5.74, 6) is -0.104. The molecule has 2 heterocycles. The number of rotatable bonds is 3. The van der Waals surface area contributed by atoms with E-state index in [-0.39, 0.29) is 5.91 Å². The Hall–Kier alpha value is -1.82. The van der Waals surface area contributed by atoms with Crippen LogP contribution in [0.3, 0.4) is 0 Å². The minimum atomic E-state index is -0.104. The van der Waals surface area contributed by atoms with Crippen molar-refractivity contribution in [2.75, 3.05) is 7.05 Å². The van der Waals surface area contributed by atoms with Gasteiger partial charge in [-0.3, -0.25) is 14.2 Å². The number of carbonyl (C=O) groups excluding carboxylic acids is 1. The fraction of sp³-hybridized carbons (Fsp3) is 0.364. The average Bonchev–Trinajstić information content (AvgIpc) is 2.88. The molecule has 6 nitrogen and oxygen atoms in total. The zero-order chi connectivity index (χ0) is 13.3. The van der Waals surface area contributed by atoms with Crippen molar-refractivity contribution in [2.45, 2.75) is 6.54 Å². The fourth-order valence-electron chi connectivity index (χ4n) is 1.69. The van der Waals surface area contributed by atoms with Crippen molar-refractivity contribution in [3.8, 4) is 0 Å². The molecule has 0 aliphatic carbocycles. The highest BCUT2D eigenvalue weighted by Gasteiger charge is 2.17. The summed E-state index contributed by atoms with van der Waals surface area (Å²) in [7, 11) is 5.25. The molecule has 96 valence electrons. The molecule has 0 unspecified atom stereocenters. The number of hydrogen-bond donors (Lipinski definition) is 0. The average molecular weight is 268 g/mol. The van der Waals surface area contributed by atoms with Crippen LogP contribution in [0.1, 0.15) is 16.2 Å². The molecule has 18 heavy (non-hydrogen) atoms. The van der Waals surface area contributed by atoms with Crippen LogP contribution in [0, 0.1) is 0 Å². The molecule has 0 atom stereocenters. The molecule has 0 aliphatic rings. The van der Waals surface area contributed by atoms with Crippen molar-refractivity contribution < 1.29 is 4.79 Å². The van der Waals surface area contributed by atoms with Gasteiger partial charge in [-0.25, -0.2) is 0 Å². The maximum absolute atomic E-state index is 12.2. The Labute approximate surface area is 110 Å².